The second kappa shape index (κ2) is 6.68. The fourth-order valence-corrected chi connectivity index (χ4v) is 3.52. The van der Waals surface area contributed by atoms with E-state index in [-0.39, 0.29) is 12.3 Å². The molecule has 1 heterocycles. The standard InChI is InChI=1S/C17H21NO6S/c1-11(24-25(2,21)22)10-23-15-5-3-4-13-8-14(17(19)20)18(16(13)15)9-12-6-7-12/h3-5,8,11-12H,6-7,9-10H2,1-2H3,(H,19,20)/t11-/m0/s1. The molecule has 3 rings (SSSR count). The summed E-state index contributed by atoms with van der Waals surface area (Å²) in [6, 6.07) is 7.02. The zero-order valence-electron chi connectivity index (χ0n) is 14.1. The predicted octanol–water partition coefficient (Wildman–Crippen LogP) is 2.49. The molecular weight excluding hydrogens is 346 g/mol. The van der Waals surface area contributed by atoms with Gasteiger partial charge >= 0.3 is 5.97 Å². The van der Waals surface area contributed by atoms with Crippen LogP contribution in [0.4, 0.5) is 0 Å². The molecule has 0 aliphatic heterocycles. The number of hydrogen-bond donors (Lipinski definition) is 1. The van der Waals surface area contributed by atoms with Crippen LogP contribution in [0.3, 0.4) is 0 Å². The van der Waals surface area contributed by atoms with E-state index in [1.807, 2.05) is 6.07 Å². The topological polar surface area (TPSA) is 94.8 Å². The fourth-order valence-electron chi connectivity index (χ4n) is 2.87. The Bertz CT molecular complexity index is 897. The minimum atomic E-state index is -3.56. The van der Waals surface area contributed by atoms with Crippen molar-refractivity contribution >= 4 is 27.0 Å². The number of carbonyl (C=O) groups is 1. The van der Waals surface area contributed by atoms with E-state index >= 15 is 0 Å². The molecule has 0 radical (unpaired) electrons. The van der Waals surface area contributed by atoms with Gasteiger partial charge in [0.1, 0.15) is 24.2 Å². The van der Waals surface area contributed by atoms with Crippen molar-refractivity contribution < 1.29 is 27.2 Å². The zero-order chi connectivity index (χ0) is 18.2. The summed E-state index contributed by atoms with van der Waals surface area (Å²) < 4.78 is 34.8. The molecule has 0 amide bonds. The van der Waals surface area contributed by atoms with Crippen LogP contribution in [0.1, 0.15) is 30.3 Å². The van der Waals surface area contributed by atoms with Gasteiger partial charge in [-0.1, -0.05) is 12.1 Å². The first-order chi connectivity index (χ1) is 11.7. The van der Waals surface area contributed by atoms with E-state index in [9.17, 15) is 18.3 Å². The Labute approximate surface area is 146 Å². The van der Waals surface area contributed by atoms with E-state index in [1.165, 1.54) is 0 Å². The molecule has 1 atom stereocenters. The molecule has 0 saturated heterocycles. The highest BCUT2D eigenvalue weighted by molar-refractivity contribution is 7.86. The highest BCUT2D eigenvalue weighted by Crippen LogP contribution is 2.36. The van der Waals surface area contributed by atoms with Gasteiger partial charge in [-0.3, -0.25) is 4.18 Å². The van der Waals surface area contributed by atoms with Crippen LogP contribution in [-0.2, 0) is 20.8 Å². The third-order valence-electron chi connectivity index (χ3n) is 4.05. The Kier molecular flexibility index (Phi) is 4.75. The maximum absolute atomic E-state index is 11.6. The molecule has 1 fully saturated rings. The lowest BCUT2D eigenvalue weighted by Gasteiger charge is -2.15. The van der Waals surface area contributed by atoms with Crippen molar-refractivity contribution in [3.8, 4) is 5.75 Å². The summed E-state index contributed by atoms with van der Waals surface area (Å²) in [5, 5.41) is 10.3. The molecule has 8 heteroatoms. The third-order valence-corrected chi connectivity index (χ3v) is 4.73. The molecule has 1 saturated carbocycles. The maximum atomic E-state index is 11.6. The highest BCUT2D eigenvalue weighted by Gasteiger charge is 2.26. The molecule has 1 N–H and O–H groups in total. The van der Waals surface area contributed by atoms with E-state index in [0.29, 0.717) is 18.2 Å². The van der Waals surface area contributed by atoms with Gasteiger partial charge in [0.15, 0.2) is 0 Å². The maximum Gasteiger partial charge on any atom is 0.352 e. The Balaban J connectivity index is 1.90. The van der Waals surface area contributed by atoms with Crippen LogP contribution in [0.5, 0.6) is 5.75 Å². The number of ether oxygens (including phenoxy) is 1. The van der Waals surface area contributed by atoms with Crippen LogP contribution < -0.4 is 4.74 Å². The van der Waals surface area contributed by atoms with E-state index < -0.39 is 22.2 Å². The number of nitrogens with zero attached hydrogens (tertiary/aromatic N) is 1. The summed E-state index contributed by atoms with van der Waals surface area (Å²) in [4.78, 5) is 11.6. The van der Waals surface area contributed by atoms with E-state index in [4.69, 9.17) is 8.92 Å². The quantitative estimate of drug-likeness (QED) is 0.720. The van der Waals surface area contributed by atoms with Gasteiger partial charge in [-0.05, 0) is 37.8 Å². The monoisotopic (exact) mass is 367 g/mol. The molecular formula is C17H21NO6S. The van der Waals surface area contributed by atoms with E-state index in [1.54, 1.807) is 29.7 Å². The Morgan fingerprint density at radius 2 is 2.12 bits per heavy atom. The lowest BCUT2D eigenvalue weighted by molar-refractivity contribution is 0.0685. The van der Waals surface area contributed by atoms with Crippen molar-refractivity contribution in [2.75, 3.05) is 12.9 Å². The van der Waals surface area contributed by atoms with Crippen molar-refractivity contribution in [1.29, 1.82) is 0 Å². The molecule has 136 valence electrons. The first-order valence-electron chi connectivity index (χ1n) is 8.11. The highest BCUT2D eigenvalue weighted by atomic mass is 32.2. The molecule has 1 aliphatic rings. The lowest BCUT2D eigenvalue weighted by atomic mass is 10.2. The number of aromatic carboxylic acids is 1. The Morgan fingerprint density at radius 1 is 1.40 bits per heavy atom. The van der Waals surface area contributed by atoms with Gasteiger partial charge in [0.25, 0.3) is 10.1 Å². The summed E-state index contributed by atoms with van der Waals surface area (Å²) in [7, 11) is -3.56. The van der Waals surface area contributed by atoms with Gasteiger partial charge in [0.2, 0.25) is 0 Å². The van der Waals surface area contributed by atoms with Crippen LogP contribution in [-0.4, -0.2) is 43.0 Å². The first kappa shape index (κ1) is 17.8. The second-order valence-electron chi connectivity index (χ2n) is 6.50. The summed E-state index contributed by atoms with van der Waals surface area (Å²) in [5.41, 5.74) is 0.955. The van der Waals surface area contributed by atoms with Gasteiger partial charge in [-0.2, -0.15) is 8.42 Å². The lowest BCUT2D eigenvalue weighted by Crippen LogP contribution is -2.21. The van der Waals surface area contributed by atoms with Crippen LogP contribution in [0, 0.1) is 5.92 Å². The van der Waals surface area contributed by atoms with Crippen LogP contribution in [0.2, 0.25) is 0 Å². The summed E-state index contributed by atoms with van der Waals surface area (Å²) in [6.45, 7) is 2.29. The summed E-state index contributed by atoms with van der Waals surface area (Å²) >= 11 is 0. The molecule has 25 heavy (non-hydrogen) atoms. The van der Waals surface area contributed by atoms with Crippen molar-refractivity contribution in [3.05, 3.63) is 30.0 Å². The molecule has 2 aromatic rings. The average Bonchev–Trinajstić information content (AvgIpc) is 3.23. The first-order valence-corrected chi connectivity index (χ1v) is 9.93. The minimum absolute atomic E-state index is 0.0448. The second-order valence-corrected chi connectivity index (χ2v) is 8.11. The number of rotatable bonds is 8. The van der Waals surface area contributed by atoms with Crippen molar-refractivity contribution in [3.63, 3.8) is 0 Å². The summed E-state index contributed by atoms with van der Waals surface area (Å²) in [6.07, 6.45) is 2.54. The largest absolute Gasteiger partial charge is 0.489 e. The molecule has 1 aromatic heterocycles. The zero-order valence-corrected chi connectivity index (χ0v) is 15.0. The normalized spacial score (nSPS) is 16.1. The molecule has 0 unspecified atom stereocenters. The Hall–Kier alpha value is -2.06. The number of carboxylic acid groups (broad SMARTS) is 1. The van der Waals surface area contributed by atoms with Crippen molar-refractivity contribution in [2.45, 2.75) is 32.4 Å². The fraction of sp³-hybridized carbons (Fsp3) is 0.471. The van der Waals surface area contributed by atoms with Crippen LogP contribution >= 0.6 is 0 Å². The smallest absolute Gasteiger partial charge is 0.352 e. The number of hydrogen-bond acceptors (Lipinski definition) is 5. The predicted molar refractivity (Wildman–Crippen MR) is 92.5 cm³/mol. The Morgan fingerprint density at radius 3 is 2.72 bits per heavy atom. The van der Waals surface area contributed by atoms with Gasteiger partial charge in [-0.15, -0.1) is 0 Å². The molecule has 0 bridgehead atoms. The van der Waals surface area contributed by atoms with Gasteiger partial charge < -0.3 is 14.4 Å². The van der Waals surface area contributed by atoms with Crippen LogP contribution in [0.25, 0.3) is 10.9 Å². The molecule has 7 nitrogen and oxygen atoms in total. The number of fused-ring (bicyclic) bond motifs is 1. The number of benzene rings is 1. The van der Waals surface area contributed by atoms with Gasteiger partial charge in [0, 0.05) is 11.9 Å². The van der Waals surface area contributed by atoms with Crippen molar-refractivity contribution in [2.24, 2.45) is 5.92 Å². The van der Waals surface area contributed by atoms with Crippen molar-refractivity contribution in [1.82, 2.24) is 4.57 Å². The third kappa shape index (κ3) is 4.32. The SMILES string of the molecule is C[C@@H](COc1cccc2cc(C(=O)O)n(CC3CC3)c12)OS(C)(=O)=O. The number of para-hydroxylation sites is 1. The van der Waals surface area contributed by atoms with E-state index in [2.05, 4.69) is 0 Å². The molecule has 1 aliphatic carbocycles. The molecule has 1 aromatic carbocycles. The minimum Gasteiger partial charge on any atom is -0.489 e. The number of aromatic nitrogens is 1. The van der Waals surface area contributed by atoms with Gasteiger partial charge in [0.05, 0.1) is 11.8 Å². The average molecular weight is 367 g/mol. The van der Waals surface area contributed by atoms with Gasteiger partial charge in [-0.25, -0.2) is 4.79 Å². The van der Waals surface area contributed by atoms with E-state index in [0.717, 1.165) is 30.0 Å². The molecule has 0 spiro atoms. The number of carboxylic acids is 1. The van der Waals surface area contributed by atoms with Crippen LogP contribution in [0.15, 0.2) is 24.3 Å². The summed E-state index contributed by atoms with van der Waals surface area (Å²) in [5.74, 6) is 0.0421.